The molecule has 70 valence electrons. The monoisotopic (exact) mass is 193 g/mol. The van der Waals surface area contributed by atoms with Gasteiger partial charge in [0.2, 0.25) is 0 Å². The van der Waals surface area contributed by atoms with Gasteiger partial charge >= 0.3 is 0 Å². The molecule has 0 aliphatic carbocycles. The maximum atomic E-state index is 10.4. The summed E-state index contributed by atoms with van der Waals surface area (Å²) in [5.41, 5.74) is 8.00. The third-order valence-electron chi connectivity index (χ3n) is 1.08. The van der Waals surface area contributed by atoms with Gasteiger partial charge < -0.3 is 0 Å². The minimum atomic E-state index is -3.37. The van der Waals surface area contributed by atoms with Gasteiger partial charge in [-0.1, -0.05) is 12.0 Å². The minimum absolute atomic E-state index is 0.0546. The van der Waals surface area contributed by atoms with Gasteiger partial charge in [-0.05, 0) is 12.0 Å². The molecule has 0 rings (SSSR count). The van der Waals surface area contributed by atoms with Gasteiger partial charge in [-0.15, -0.1) is 0 Å². The van der Waals surface area contributed by atoms with Crippen LogP contribution in [0.1, 0.15) is 13.3 Å². The van der Waals surface area contributed by atoms with Gasteiger partial charge in [0.15, 0.2) is 0 Å². The Bertz CT molecular complexity index is 268. The molecule has 0 aromatic heterocycles. The highest BCUT2D eigenvalue weighted by Gasteiger charge is 2.03. The lowest BCUT2D eigenvalue weighted by molar-refractivity contribution is 0.306. The van der Waals surface area contributed by atoms with E-state index >= 15 is 0 Å². The Labute approximate surface area is 71.3 Å². The number of hydrogen-bond donors (Lipinski definition) is 0. The van der Waals surface area contributed by atoms with E-state index in [1.807, 2.05) is 0 Å². The van der Waals surface area contributed by atoms with E-state index in [0.29, 0.717) is 6.42 Å². The average Bonchev–Trinajstić information content (AvgIpc) is 1.84. The highest BCUT2D eigenvalue weighted by Crippen LogP contribution is 1.98. The predicted octanol–water partition coefficient (Wildman–Crippen LogP) is 1.05. The molecule has 0 N–H and O–H groups in total. The molecule has 0 aromatic rings. The first-order valence-electron chi connectivity index (χ1n) is 3.34. The largest absolute Gasteiger partial charge is 0.270 e. The lowest BCUT2D eigenvalue weighted by atomic mass is 10.3. The molecular weight excluding hydrogens is 182 g/mol. The Kier molecular flexibility index (Phi) is 4.65. The quantitative estimate of drug-likeness (QED) is 0.283. The van der Waals surface area contributed by atoms with Crippen molar-refractivity contribution in [2.45, 2.75) is 19.4 Å². The fraction of sp³-hybridized carbons (Fsp3) is 1.00. The summed E-state index contributed by atoms with van der Waals surface area (Å²) in [7, 11) is -3.37. The van der Waals surface area contributed by atoms with Crippen LogP contribution in [-0.4, -0.2) is 27.3 Å². The molecule has 0 radical (unpaired) electrons. The van der Waals surface area contributed by atoms with Gasteiger partial charge in [0, 0.05) is 11.0 Å². The minimum Gasteiger partial charge on any atom is -0.270 e. The van der Waals surface area contributed by atoms with Crippen molar-refractivity contribution in [3.63, 3.8) is 0 Å². The zero-order valence-corrected chi connectivity index (χ0v) is 7.78. The maximum absolute atomic E-state index is 10.4. The fourth-order valence-electron chi connectivity index (χ4n) is 0.516. The average molecular weight is 193 g/mol. The van der Waals surface area contributed by atoms with Crippen LogP contribution in [0.5, 0.6) is 0 Å². The van der Waals surface area contributed by atoms with Crippen LogP contribution in [0.25, 0.3) is 10.4 Å². The molecule has 0 heterocycles. The molecule has 0 bridgehead atoms. The fourth-order valence-corrected chi connectivity index (χ4v) is 0.915. The first-order chi connectivity index (χ1) is 5.45. The first kappa shape index (κ1) is 11.2. The van der Waals surface area contributed by atoms with Crippen molar-refractivity contribution < 1.29 is 12.6 Å². The van der Waals surface area contributed by atoms with E-state index in [4.69, 9.17) is 5.53 Å². The molecule has 7 heteroatoms. The molecule has 0 saturated heterocycles. The van der Waals surface area contributed by atoms with Gasteiger partial charge in [0.1, 0.15) is 0 Å². The molecule has 0 saturated carbocycles. The van der Waals surface area contributed by atoms with Crippen LogP contribution in [-0.2, 0) is 14.3 Å². The Hall–Kier alpha value is -0.780. The number of hydrogen-bond acceptors (Lipinski definition) is 4. The van der Waals surface area contributed by atoms with Gasteiger partial charge in [-0.25, -0.2) is 0 Å². The Morgan fingerprint density at radius 1 is 1.67 bits per heavy atom. The summed E-state index contributed by atoms with van der Waals surface area (Å²) < 4.78 is 25.3. The smallest absolute Gasteiger partial charge is 0.264 e. The molecule has 0 aliphatic heterocycles. The molecule has 1 unspecified atom stereocenters. The van der Waals surface area contributed by atoms with E-state index < -0.39 is 10.1 Å². The molecule has 12 heavy (non-hydrogen) atoms. The van der Waals surface area contributed by atoms with E-state index in [9.17, 15) is 8.42 Å². The molecule has 0 amide bonds. The van der Waals surface area contributed by atoms with E-state index in [-0.39, 0.29) is 12.6 Å². The van der Waals surface area contributed by atoms with Gasteiger partial charge in [0.05, 0.1) is 12.9 Å². The van der Waals surface area contributed by atoms with Crippen LogP contribution < -0.4 is 0 Å². The second-order valence-electron chi connectivity index (χ2n) is 2.37. The second-order valence-corrected chi connectivity index (χ2v) is 4.01. The standard InChI is InChI=1S/C5H11N3O3S/c1-5(7-8-6)3-4-11-12(2,9)10/h5H,3-4H2,1-2H3. The molecule has 6 nitrogen and oxygen atoms in total. The van der Waals surface area contributed by atoms with Gasteiger partial charge in [0.25, 0.3) is 10.1 Å². The lowest BCUT2D eigenvalue weighted by Crippen LogP contribution is -2.08. The van der Waals surface area contributed by atoms with Crippen molar-refractivity contribution in [2.24, 2.45) is 5.11 Å². The topological polar surface area (TPSA) is 92.1 Å². The van der Waals surface area contributed by atoms with Crippen molar-refractivity contribution >= 4 is 10.1 Å². The van der Waals surface area contributed by atoms with Crippen LogP contribution in [0.4, 0.5) is 0 Å². The summed E-state index contributed by atoms with van der Waals surface area (Å²) in [4.78, 5) is 2.57. The van der Waals surface area contributed by atoms with E-state index in [2.05, 4.69) is 14.2 Å². The van der Waals surface area contributed by atoms with Gasteiger partial charge in [-0.2, -0.15) is 8.42 Å². The summed E-state index contributed by atoms with van der Waals surface area (Å²) in [6.07, 6.45) is 1.38. The Morgan fingerprint density at radius 3 is 2.67 bits per heavy atom. The summed E-state index contributed by atoms with van der Waals surface area (Å²) >= 11 is 0. The molecule has 0 aromatic carbocycles. The number of azide groups is 1. The normalized spacial score (nSPS) is 13.5. The van der Waals surface area contributed by atoms with Crippen LogP contribution in [0.2, 0.25) is 0 Å². The summed E-state index contributed by atoms with van der Waals surface area (Å²) in [5.74, 6) is 0. The van der Waals surface area contributed by atoms with Crippen LogP contribution in [0.3, 0.4) is 0 Å². The van der Waals surface area contributed by atoms with E-state index in [1.54, 1.807) is 6.92 Å². The first-order valence-corrected chi connectivity index (χ1v) is 5.16. The second kappa shape index (κ2) is 4.97. The highest BCUT2D eigenvalue weighted by molar-refractivity contribution is 7.85. The maximum Gasteiger partial charge on any atom is 0.264 e. The molecule has 0 spiro atoms. The van der Waals surface area contributed by atoms with Crippen LogP contribution in [0.15, 0.2) is 5.11 Å². The highest BCUT2D eigenvalue weighted by atomic mass is 32.2. The van der Waals surface area contributed by atoms with E-state index in [0.717, 1.165) is 6.26 Å². The van der Waals surface area contributed by atoms with Crippen LogP contribution in [0, 0.1) is 0 Å². The van der Waals surface area contributed by atoms with Crippen molar-refractivity contribution in [1.82, 2.24) is 0 Å². The Morgan fingerprint density at radius 2 is 2.25 bits per heavy atom. The molecule has 0 aliphatic rings. The predicted molar refractivity (Wildman–Crippen MR) is 44.0 cm³/mol. The van der Waals surface area contributed by atoms with Crippen LogP contribution >= 0.6 is 0 Å². The van der Waals surface area contributed by atoms with Crippen molar-refractivity contribution in [2.75, 3.05) is 12.9 Å². The van der Waals surface area contributed by atoms with E-state index in [1.165, 1.54) is 0 Å². The molecule has 0 fully saturated rings. The summed E-state index contributed by atoms with van der Waals surface area (Å²) in [6.45, 7) is 1.74. The van der Waals surface area contributed by atoms with Crippen molar-refractivity contribution in [1.29, 1.82) is 0 Å². The third-order valence-corrected chi connectivity index (χ3v) is 1.68. The lowest BCUT2D eigenvalue weighted by Gasteiger charge is -2.02. The Balaban J connectivity index is 3.64. The van der Waals surface area contributed by atoms with Crippen molar-refractivity contribution in [3.8, 4) is 0 Å². The SMILES string of the molecule is CC(CCOS(C)(=O)=O)N=[N+]=[N-]. The number of nitrogens with zero attached hydrogens (tertiary/aromatic N) is 3. The molecule has 1 atom stereocenters. The van der Waals surface area contributed by atoms with Crippen molar-refractivity contribution in [3.05, 3.63) is 10.4 Å². The third kappa shape index (κ3) is 7.33. The van der Waals surface area contributed by atoms with Gasteiger partial charge in [-0.3, -0.25) is 4.18 Å². The zero-order chi connectivity index (χ0) is 9.61. The summed E-state index contributed by atoms with van der Waals surface area (Å²) in [5, 5.41) is 3.35. The zero-order valence-electron chi connectivity index (χ0n) is 6.97. The summed E-state index contributed by atoms with van der Waals surface area (Å²) in [6, 6.07) is -0.239. The molecular formula is C5H11N3O3S. The number of rotatable bonds is 5.